The fourth-order valence-corrected chi connectivity index (χ4v) is 3.23. The highest BCUT2D eigenvalue weighted by Gasteiger charge is 2.64. The van der Waals surface area contributed by atoms with Crippen molar-refractivity contribution in [3.05, 3.63) is 33.1 Å². The van der Waals surface area contributed by atoms with Gasteiger partial charge in [0.05, 0.1) is 4.43 Å². The molecule has 0 aliphatic carbocycles. The SMILES string of the molecule is CC1(C)OC2[C@H](O1)[C@H](n1ccc(=O)[nH]c1=O)O[C@]2(F)CI. The van der Waals surface area contributed by atoms with Gasteiger partial charge in [-0.2, -0.15) is 0 Å². The van der Waals surface area contributed by atoms with Crippen molar-refractivity contribution in [2.45, 2.75) is 43.9 Å². The molecule has 3 rings (SSSR count). The molecule has 0 saturated carbocycles. The van der Waals surface area contributed by atoms with E-state index in [1.54, 1.807) is 13.8 Å². The third-order valence-electron chi connectivity index (χ3n) is 3.46. The van der Waals surface area contributed by atoms with Gasteiger partial charge in [0, 0.05) is 12.3 Å². The molecule has 2 aliphatic rings. The van der Waals surface area contributed by atoms with Crippen LogP contribution in [0.3, 0.4) is 0 Å². The summed E-state index contributed by atoms with van der Waals surface area (Å²) in [5, 5.41) is 0. The molecule has 2 fully saturated rings. The Morgan fingerprint density at radius 2 is 2.10 bits per heavy atom. The molecule has 0 radical (unpaired) electrons. The lowest BCUT2D eigenvalue weighted by Crippen LogP contribution is -2.40. The van der Waals surface area contributed by atoms with Crippen LogP contribution in [-0.2, 0) is 14.2 Å². The Bertz CT molecular complexity index is 674. The van der Waals surface area contributed by atoms with E-state index < -0.39 is 41.3 Å². The van der Waals surface area contributed by atoms with Gasteiger partial charge in [-0.1, -0.05) is 22.6 Å². The van der Waals surface area contributed by atoms with Crippen molar-refractivity contribution in [1.82, 2.24) is 9.55 Å². The van der Waals surface area contributed by atoms with Gasteiger partial charge in [-0.05, 0) is 13.8 Å². The fraction of sp³-hybridized carbons (Fsp3) is 0.667. The van der Waals surface area contributed by atoms with Gasteiger partial charge >= 0.3 is 5.69 Å². The summed E-state index contributed by atoms with van der Waals surface area (Å²) in [6.07, 6.45) is -1.45. The zero-order chi connectivity index (χ0) is 15.4. The van der Waals surface area contributed by atoms with Gasteiger partial charge in [-0.15, -0.1) is 0 Å². The van der Waals surface area contributed by atoms with Gasteiger partial charge in [-0.25, -0.2) is 9.18 Å². The van der Waals surface area contributed by atoms with Crippen molar-refractivity contribution < 1.29 is 18.6 Å². The summed E-state index contributed by atoms with van der Waals surface area (Å²) < 4.78 is 32.6. The molecule has 3 heterocycles. The summed E-state index contributed by atoms with van der Waals surface area (Å²) in [5.74, 6) is -3.02. The Labute approximate surface area is 132 Å². The largest absolute Gasteiger partial charge is 0.340 e. The maximum atomic E-state index is 14.9. The number of ether oxygens (including phenoxy) is 3. The highest BCUT2D eigenvalue weighted by atomic mass is 127. The summed E-state index contributed by atoms with van der Waals surface area (Å²) >= 11 is 1.86. The smallest absolute Gasteiger partial charge is 0.330 e. The van der Waals surface area contributed by atoms with E-state index in [0.29, 0.717) is 0 Å². The molecule has 0 spiro atoms. The minimum atomic E-state index is -2.06. The number of aromatic nitrogens is 2. The normalized spacial score (nSPS) is 37.6. The molecule has 1 N–H and O–H groups in total. The van der Waals surface area contributed by atoms with E-state index in [2.05, 4.69) is 4.98 Å². The standard InChI is InChI=1S/C12H14FIN2O5/c1-11(2)19-7-8(20-11)12(13,5-14)21-9(7)16-4-3-6(17)15-10(16)18/h3-4,7-9H,5H2,1-2H3,(H,15,17,18)/t7-,8?,9+,12+/m0/s1. The number of halogens is 2. The molecular formula is C12H14FIN2O5. The number of H-pyrrole nitrogens is 1. The molecule has 1 aromatic heterocycles. The van der Waals surface area contributed by atoms with Crippen molar-refractivity contribution in [1.29, 1.82) is 0 Å². The highest BCUT2D eigenvalue weighted by molar-refractivity contribution is 14.1. The molecule has 4 atom stereocenters. The van der Waals surface area contributed by atoms with E-state index >= 15 is 0 Å². The van der Waals surface area contributed by atoms with Gasteiger partial charge in [0.15, 0.2) is 18.1 Å². The van der Waals surface area contributed by atoms with E-state index in [9.17, 15) is 14.0 Å². The first-order valence-electron chi connectivity index (χ1n) is 6.35. The number of rotatable bonds is 2. The Kier molecular flexibility index (Phi) is 3.50. The Morgan fingerprint density at radius 3 is 2.71 bits per heavy atom. The van der Waals surface area contributed by atoms with Crippen LogP contribution in [-0.4, -0.2) is 37.8 Å². The predicted octanol–water partition coefficient (Wildman–Crippen LogP) is 0.686. The zero-order valence-corrected chi connectivity index (χ0v) is 13.5. The van der Waals surface area contributed by atoms with Gasteiger partial charge < -0.3 is 14.2 Å². The highest BCUT2D eigenvalue weighted by Crippen LogP contribution is 2.48. The summed E-state index contributed by atoms with van der Waals surface area (Å²) in [6, 6.07) is 1.17. The van der Waals surface area contributed by atoms with E-state index in [-0.39, 0.29) is 4.43 Å². The second kappa shape index (κ2) is 4.86. The molecule has 1 aromatic rings. The number of hydrogen-bond donors (Lipinski definition) is 1. The van der Waals surface area contributed by atoms with E-state index in [1.165, 1.54) is 12.3 Å². The summed E-state index contributed by atoms with van der Waals surface area (Å²) in [7, 11) is 0. The molecule has 21 heavy (non-hydrogen) atoms. The molecule has 2 aliphatic heterocycles. The topological polar surface area (TPSA) is 82.5 Å². The average Bonchev–Trinajstić information content (AvgIpc) is 2.84. The number of aromatic amines is 1. The number of nitrogens with one attached hydrogen (secondary N) is 1. The first kappa shape index (κ1) is 15.1. The molecule has 0 amide bonds. The van der Waals surface area contributed by atoms with Crippen LogP contribution in [0.25, 0.3) is 0 Å². The molecular weight excluding hydrogens is 398 g/mol. The maximum absolute atomic E-state index is 14.9. The number of alkyl halides is 2. The first-order chi connectivity index (χ1) is 9.76. The third-order valence-corrected chi connectivity index (χ3v) is 4.50. The molecule has 1 unspecified atom stereocenters. The molecule has 2 saturated heterocycles. The Morgan fingerprint density at radius 1 is 1.38 bits per heavy atom. The Hall–Kier alpha value is -0.780. The van der Waals surface area contributed by atoms with Crippen LogP contribution < -0.4 is 11.2 Å². The molecule has 9 heteroatoms. The lowest BCUT2D eigenvalue weighted by atomic mass is 10.1. The fourth-order valence-electron chi connectivity index (χ4n) is 2.62. The van der Waals surface area contributed by atoms with Gasteiger partial charge in [0.25, 0.3) is 5.56 Å². The third kappa shape index (κ3) is 2.45. The van der Waals surface area contributed by atoms with Crippen molar-refractivity contribution >= 4 is 22.6 Å². The minimum absolute atomic E-state index is 0.0277. The zero-order valence-electron chi connectivity index (χ0n) is 11.3. The van der Waals surface area contributed by atoms with Crippen molar-refractivity contribution in [2.75, 3.05) is 4.43 Å². The second-order valence-corrected chi connectivity index (χ2v) is 6.23. The van der Waals surface area contributed by atoms with E-state index in [1.807, 2.05) is 22.6 Å². The van der Waals surface area contributed by atoms with Crippen LogP contribution in [0.5, 0.6) is 0 Å². The monoisotopic (exact) mass is 412 g/mol. The Balaban J connectivity index is 2.04. The van der Waals surface area contributed by atoms with Crippen LogP contribution in [0.1, 0.15) is 20.1 Å². The summed E-state index contributed by atoms with van der Waals surface area (Å²) in [6.45, 7) is 3.34. The quantitative estimate of drug-likeness (QED) is 0.571. The van der Waals surface area contributed by atoms with Crippen LogP contribution in [0.2, 0.25) is 0 Å². The first-order valence-corrected chi connectivity index (χ1v) is 7.88. The molecule has 116 valence electrons. The van der Waals surface area contributed by atoms with E-state index in [0.717, 1.165) is 4.57 Å². The number of hydrogen-bond acceptors (Lipinski definition) is 5. The van der Waals surface area contributed by atoms with Crippen molar-refractivity contribution in [3.8, 4) is 0 Å². The average molecular weight is 412 g/mol. The summed E-state index contributed by atoms with van der Waals surface area (Å²) in [5.41, 5.74) is -1.22. The van der Waals surface area contributed by atoms with Crippen LogP contribution >= 0.6 is 22.6 Å². The summed E-state index contributed by atoms with van der Waals surface area (Å²) in [4.78, 5) is 25.1. The van der Waals surface area contributed by atoms with Gasteiger partial charge in [-0.3, -0.25) is 14.3 Å². The minimum Gasteiger partial charge on any atom is -0.340 e. The van der Waals surface area contributed by atoms with Crippen LogP contribution in [0.15, 0.2) is 21.9 Å². The van der Waals surface area contributed by atoms with Crippen LogP contribution in [0.4, 0.5) is 4.39 Å². The number of fused-ring (bicyclic) bond motifs is 1. The van der Waals surface area contributed by atoms with Gasteiger partial charge in [0.2, 0.25) is 5.85 Å². The molecule has 7 nitrogen and oxygen atoms in total. The van der Waals surface area contributed by atoms with Gasteiger partial charge in [0.1, 0.15) is 6.10 Å². The van der Waals surface area contributed by atoms with Crippen molar-refractivity contribution in [2.24, 2.45) is 0 Å². The molecule has 0 bridgehead atoms. The predicted molar refractivity (Wildman–Crippen MR) is 78.0 cm³/mol. The van der Waals surface area contributed by atoms with Crippen LogP contribution in [0, 0.1) is 0 Å². The lowest BCUT2D eigenvalue weighted by molar-refractivity contribution is -0.246. The van der Waals surface area contributed by atoms with E-state index in [4.69, 9.17) is 14.2 Å². The van der Waals surface area contributed by atoms with Crippen molar-refractivity contribution in [3.63, 3.8) is 0 Å². The lowest BCUT2D eigenvalue weighted by Gasteiger charge is -2.27. The maximum Gasteiger partial charge on any atom is 0.330 e. The second-order valence-electron chi connectivity index (χ2n) is 5.47. The molecule has 0 aromatic carbocycles. The number of nitrogens with zero attached hydrogens (tertiary/aromatic N) is 1.